The Morgan fingerprint density at radius 1 is 1.38 bits per heavy atom. The Morgan fingerprint density at radius 2 is 2.19 bits per heavy atom. The number of anilines is 1. The summed E-state index contributed by atoms with van der Waals surface area (Å²) >= 11 is 1.39. The smallest absolute Gasteiger partial charge is 0.203 e. The molecule has 0 spiro atoms. The van der Waals surface area contributed by atoms with Crippen molar-refractivity contribution < 1.29 is 0 Å². The minimum absolute atomic E-state index is 0.374. The van der Waals surface area contributed by atoms with Crippen molar-refractivity contribution in [3.05, 3.63) is 24.0 Å². The van der Waals surface area contributed by atoms with E-state index >= 15 is 0 Å². The molecule has 0 aliphatic rings. The molecule has 2 heterocycles. The zero-order valence-electron chi connectivity index (χ0n) is 9.56. The SMILES string of the molecule is Cc1cnccc1-c1nsc(NC(C)C)n1. The van der Waals surface area contributed by atoms with E-state index in [2.05, 4.69) is 33.5 Å². The van der Waals surface area contributed by atoms with Crippen LogP contribution in [-0.4, -0.2) is 20.4 Å². The highest BCUT2D eigenvalue weighted by Gasteiger charge is 2.09. The van der Waals surface area contributed by atoms with Gasteiger partial charge in [-0.15, -0.1) is 0 Å². The summed E-state index contributed by atoms with van der Waals surface area (Å²) < 4.78 is 4.34. The van der Waals surface area contributed by atoms with Gasteiger partial charge in [0.05, 0.1) is 0 Å². The average molecular weight is 234 g/mol. The molecule has 0 aliphatic heterocycles. The van der Waals surface area contributed by atoms with Gasteiger partial charge in [0.25, 0.3) is 0 Å². The van der Waals surface area contributed by atoms with E-state index in [1.54, 1.807) is 6.20 Å². The van der Waals surface area contributed by atoms with E-state index < -0.39 is 0 Å². The van der Waals surface area contributed by atoms with Gasteiger partial charge in [0.2, 0.25) is 5.13 Å². The number of rotatable bonds is 3. The van der Waals surface area contributed by atoms with Crippen LogP contribution in [0, 0.1) is 6.92 Å². The molecule has 0 saturated heterocycles. The minimum atomic E-state index is 0.374. The maximum absolute atomic E-state index is 4.45. The van der Waals surface area contributed by atoms with E-state index in [-0.39, 0.29) is 0 Å². The molecule has 2 aromatic heterocycles. The van der Waals surface area contributed by atoms with Crippen LogP contribution >= 0.6 is 11.5 Å². The molecule has 16 heavy (non-hydrogen) atoms. The first-order valence-corrected chi connectivity index (χ1v) is 5.95. The fraction of sp³-hybridized carbons (Fsp3) is 0.364. The minimum Gasteiger partial charge on any atom is -0.358 e. The number of hydrogen-bond donors (Lipinski definition) is 1. The van der Waals surface area contributed by atoms with Crippen LogP contribution in [0.3, 0.4) is 0 Å². The molecule has 0 amide bonds. The van der Waals surface area contributed by atoms with Crippen molar-refractivity contribution in [3.8, 4) is 11.4 Å². The van der Waals surface area contributed by atoms with Gasteiger partial charge in [-0.3, -0.25) is 4.98 Å². The van der Waals surface area contributed by atoms with Crippen LogP contribution in [0.5, 0.6) is 0 Å². The number of nitrogens with one attached hydrogen (secondary N) is 1. The number of nitrogens with zero attached hydrogens (tertiary/aromatic N) is 3. The average Bonchev–Trinajstić information content (AvgIpc) is 2.66. The number of hydrogen-bond acceptors (Lipinski definition) is 5. The zero-order valence-corrected chi connectivity index (χ0v) is 10.4. The van der Waals surface area contributed by atoms with Gasteiger partial charge in [-0.2, -0.15) is 9.36 Å². The van der Waals surface area contributed by atoms with Gasteiger partial charge in [0, 0.05) is 35.5 Å². The summed E-state index contributed by atoms with van der Waals surface area (Å²) in [4.78, 5) is 8.51. The first-order chi connectivity index (χ1) is 7.66. The predicted molar refractivity (Wildman–Crippen MR) is 66.6 cm³/mol. The number of pyridine rings is 1. The number of aryl methyl sites for hydroxylation is 1. The van der Waals surface area contributed by atoms with Gasteiger partial charge in [0.1, 0.15) is 0 Å². The highest BCUT2D eigenvalue weighted by Crippen LogP contribution is 2.23. The van der Waals surface area contributed by atoms with Crippen molar-refractivity contribution in [2.45, 2.75) is 26.8 Å². The van der Waals surface area contributed by atoms with Gasteiger partial charge in [-0.05, 0) is 32.4 Å². The van der Waals surface area contributed by atoms with Crippen LogP contribution in [0.1, 0.15) is 19.4 Å². The maximum atomic E-state index is 4.45. The lowest BCUT2D eigenvalue weighted by molar-refractivity contribution is 0.896. The van der Waals surface area contributed by atoms with E-state index in [9.17, 15) is 0 Å². The van der Waals surface area contributed by atoms with Crippen molar-refractivity contribution in [3.63, 3.8) is 0 Å². The van der Waals surface area contributed by atoms with E-state index in [0.717, 1.165) is 22.1 Å². The molecule has 0 saturated carbocycles. The highest BCUT2D eigenvalue weighted by atomic mass is 32.1. The van der Waals surface area contributed by atoms with Gasteiger partial charge in [-0.1, -0.05) is 0 Å². The quantitative estimate of drug-likeness (QED) is 0.887. The second-order valence-electron chi connectivity index (χ2n) is 3.91. The normalized spacial score (nSPS) is 10.8. The molecule has 1 N–H and O–H groups in total. The molecule has 0 unspecified atom stereocenters. The molecule has 0 radical (unpaired) electrons. The largest absolute Gasteiger partial charge is 0.358 e. The lowest BCUT2D eigenvalue weighted by Gasteiger charge is -2.03. The summed E-state index contributed by atoms with van der Waals surface area (Å²) in [6, 6.07) is 2.32. The Morgan fingerprint density at radius 3 is 2.88 bits per heavy atom. The first-order valence-electron chi connectivity index (χ1n) is 5.18. The Labute approximate surface area is 98.9 Å². The van der Waals surface area contributed by atoms with Crippen molar-refractivity contribution >= 4 is 16.7 Å². The summed E-state index contributed by atoms with van der Waals surface area (Å²) in [6.45, 7) is 6.18. The van der Waals surface area contributed by atoms with E-state index in [1.165, 1.54) is 11.5 Å². The van der Waals surface area contributed by atoms with Crippen LogP contribution in [0.4, 0.5) is 5.13 Å². The van der Waals surface area contributed by atoms with Crippen molar-refractivity contribution in [2.24, 2.45) is 0 Å². The van der Waals surface area contributed by atoms with Crippen LogP contribution in [0.25, 0.3) is 11.4 Å². The molecule has 0 atom stereocenters. The van der Waals surface area contributed by atoms with Crippen molar-refractivity contribution in [2.75, 3.05) is 5.32 Å². The molecule has 2 rings (SSSR count). The summed E-state index contributed by atoms with van der Waals surface area (Å²) in [5.41, 5.74) is 2.14. The first kappa shape index (κ1) is 11.0. The fourth-order valence-electron chi connectivity index (χ4n) is 1.36. The molecule has 0 aromatic carbocycles. The Bertz CT molecular complexity index is 478. The summed E-state index contributed by atoms with van der Waals surface area (Å²) in [5, 5.41) is 4.11. The van der Waals surface area contributed by atoms with Crippen LogP contribution in [0.15, 0.2) is 18.5 Å². The second kappa shape index (κ2) is 4.57. The Hall–Kier alpha value is -1.49. The molecular weight excluding hydrogens is 220 g/mol. The molecule has 2 aromatic rings. The lowest BCUT2D eigenvalue weighted by Crippen LogP contribution is -2.08. The van der Waals surface area contributed by atoms with Crippen molar-refractivity contribution in [1.29, 1.82) is 0 Å². The zero-order chi connectivity index (χ0) is 11.5. The lowest BCUT2D eigenvalue weighted by atomic mass is 10.1. The highest BCUT2D eigenvalue weighted by molar-refractivity contribution is 7.09. The summed E-state index contributed by atoms with van der Waals surface area (Å²) in [6.07, 6.45) is 3.59. The molecule has 84 valence electrons. The Kier molecular flexibility index (Phi) is 3.14. The molecular formula is C11H14N4S. The van der Waals surface area contributed by atoms with Crippen LogP contribution < -0.4 is 5.32 Å². The van der Waals surface area contributed by atoms with Gasteiger partial charge < -0.3 is 5.32 Å². The number of aromatic nitrogens is 3. The second-order valence-corrected chi connectivity index (χ2v) is 4.66. The third-order valence-electron chi connectivity index (χ3n) is 2.10. The third-order valence-corrected chi connectivity index (χ3v) is 2.75. The van der Waals surface area contributed by atoms with E-state index in [1.807, 2.05) is 19.2 Å². The monoisotopic (exact) mass is 234 g/mol. The molecule has 4 nitrogen and oxygen atoms in total. The Balaban J connectivity index is 2.28. The van der Waals surface area contributed by atoms with Gasteiger partial charge in [0.15, 0.2) is 5.82 Å². The molecule has 5 heteroatoms. The summed E-state index contributed by atoms with van der Waals surface area (Å²) in [7, 11) is 0. The van der Waals surface area contributed by atoms with Crippen LogP contribution in [-0.2, 0) is 0 Å². The predicted octanol–water partition coefficient (Wildman–Crippen LogP) is 2.73. The van der Waals surface area contributed by atoms with E-state index in [0.29, 0.717) is 6.04 Å². The fourth-order valence-corrected chi connectivity index (χ4v) is 2.09. The standard InChI is InChI=1S/C11H14N4S/c1-7(2)13-11-14-10(15-16-11)9-4-5-12-6-8(9)3/h4-7H,1-3H3,(H,13,14,15). The summed E-state index contributed by atoms with van der Waals surface area (Å²) in [5.74, 6) is 0.771. The molecule has 0 fully saturated rings. The van der Waals surface area contributed by atoms with Gasteiger partial charge in [-0.25, -0.2) is 0 Å². The van der Waals surface area contributed by atoms with Gasteiger partial charge >= 0.3 is 0 Å². The van der Waals surface area contributed by atoms with E-state index in [4.69, 9.17) is 0 Å². The topological polar surface area (TPSA) is 50.7 Å². The van der Waals surface area contributed by atoms with Crippen LogP contribution in [0.2, 0.25) is 0 Å². The molecule has 0 aliphatic carbocycles. The molecule has 0 bridgehead atoms. The van der Waals surface area contributed by atoms with Crippen molar-refractivity contribution in [1.82, 2.24) is 14.3 Å². The third kappa shape index (κ3) is 2.36. The maximum Gasteiger partial charge on any atom is 0.203 e.